The van der Waals surface area contributed by atoms with Crippen molar-refractivity contribution in [3.8, 4) is 6.01 Å². The van der Waals surface area contributed by atoms with Crippen molar-refractivity contribution in [3.05, 3.63) is 0 Å². The third kappa shape index (κ3) is 1.42. The van der Waals surface area contributed by atoms with Crippen molar-refractivity contribution in [3.63, 3.8) is 0 Å². The van der Waals surface area contributed by atoms with Crippen molar-refractivity contribution in [2.24, 2.45) is 7.05 Å². The van der Waals surface area contributed by atoms with E-state index in [2.05, 4.69) is 15.5 Å². The van der Waals surface area contributed by atoms with E-state index in [0.29, 0.717) is 18.6 Å². The molecule has 0 aliphatic carbocycles. The number of nitrogens with one attached hydrogen (secondary N) is 1. The SMILES string of the molecule is CCOc1nnc(NC)n1C. The summed E-state index contributed by atoms with van der Waals surface area (Å²) in [6.45, 7) is 2.52. The number of rotatable bonds is 3. The molecule has 1 aromatic heterocycles. The van der Waals surface area contributed by atoms with Gasteiger partial charge >= 0.3 is 6.01 Å². The Morgan fingerprint density at radius 2 is 2.27 bits per heavy atom. The van der Waals surface area contributed by atoms with Crippen molar-refractivity contribution in [1.29, 1.82) is 0 Å². The van der Waals surface area contributed by atoms with Crippen LogP contribution in [-0.2, 0) is 7.05 Å². The Kier molecular flexibility index (Phi) is 2.30. The molecule has 1 N–H and O–H groups in total. The minimum absolute atomic E-state index is 0.539. The van der Waals surface area contributed by atoms with Gasteiger partial charge in [0, 0.05) is 14.1 Å². The maximum atomic E-state index is 5.17. The van der Waals surface area contributed by atoms with E-state index >= 15 is 0 Å². The number of hydrogen-bond acceptors (Lipinski definition) is 4. The van der Waals surface area contributed by atoms with E-state index in [1.54, 1.807) is 11.6 Å². The third-order valence-electron chi connectivity index (χ3n) is 1.33. The second-order valence-electron chi connectivity index (χ2n) is 2.05. The van der Waals surface area contributed by atoms with Crippen LogP contribution in [0, 0.1) is 0 Å². The lowest BCUT2D eigenvalue weighted by molar-refractivity contribution is 0.301. The molecule has 1 heterocycles. The van der Waals surface area contributed by atoms with Gasteiger partial charge in [0.15, 0.2) is 0 Å². The summed E-state index contributed by atoms with van der Waals surface area (Å²) in [4.78, 5) is 0. The van der Waals surface area contributed by atoms with Gasteiger partial charge in [-0.15, -0.1) is 5.10 Å². The average Bonchev–Trinajstić information content (AvgIpc) is 2.34. The molecule has 0 aliphatic heterocycles. The zero-order chi connectivity index (χ0) is 8.27. The average molecular weight is 156 g/mol. The van der Waals surface area contributed by atoms with Crippen molar-refractivity contribution in [2.45, 2.75) is 6.92 Å². The highest BCUT2D eigenvalue weighted by atomic mass is 16.5. The Morgan fingerprint density at radius 1 is 1.55 bits per heavy atom. The van der Waals surface area contributed by atoms with Crippen molar-refractivity contribution in [1.82, 2.24) is 14.8 Å². The molecule has 62 valence electrons. The van der Waals surface area contributed by atoms with Gasteiger partial charge in [-0.1, -0.05) is 5.10 Å². The van der Waals surface area contributed by atoms with E-state index in [1.165, 1.54) is 0 Å². The van der Waals surface area contributed by atoms with E-state index < -0.39 is 0 Å². The Morgan fingerprint density at radius 3 is 2.73 bits per heavy atom. The molecule has 0 aromatic carbocycles. The number of nitrogens with zero attached hydrogens (tertiary/aromatic N) is 3. The lowest BCUT2D eigenvalue weighted by Crippen LogP contribution is -2.02. The van der Waals surface area contributed by atoms with Gasteiger partial charge < -0.3 is 10.1 Å². The Balaban J connectivity index is 2.82. The minimum Gasteiger partial charge on any atom is -0.464 e. The van der Waals surface area contributed by atoms with Gasteiger partial charge in [-0.2, -0.15) is 0 Å². The standard InChI is InChI=1S/C6H12N4O/c1-4-11-6-9-8-5(7-2)10(6)3/h4H2,1-3H3,(H,7,8). The summed E-state index contributed by atoms with van der Waals surface area (Å²) < 4.78 is 6.92. The zero-order valence-electron chi connectivity index (χ0n) is 6.96. The molecule has 0 spiro atoms. The van der Waals surface area contributed by atoms with Gasteiger partial charge in [0.1, 0.15) is 0 Å². The number of hydrogen-bond donors (Lipinski definition) is 1. The van der Waals surface area contributed by atoms with E-state index in [0.717, 1.165) is 0 Å². The topological polar surface area (TPSA) is 52.0 Å². The van der Waals surface area contributed by atoms with Crippen LogP contribution in [0.2, 0.25) is 0 Å². The second-order valence-corrected chi connectivity index (χ2v) is 2.05. The van der Waals surface area contributed by atoms with Crippen LogP contribution in [0.3, 0.4) is 0 Å². The molecule has 5 heteroatoms. The molecule has 0 amide bonds. The monoisotopic (exact) mass is 156 g/mol. The van der Waals surface area contributed by atoms with Gasteiger partial charge in [0.25, 0.3) is 0 Å². The fourth-order valence-electron chi connectivity index (χ4n) is 0.787. The fraction of sp³-hybridized carbons (Fsp3) is 0.667. The van der Waals surface area contributed by atoms with Gasteiger partial charge in [-0.25, -0.2) is 0 Å². The van der Waals surface area contributed by atoms with Gasteiger partial charge in [0.2, 0.25) is 5.95 Å². The van der Waals surface area contributed by atoms with E-state index in [1.807, 2.05) is 14.0 Å². The first-order valence-corrected chi connectivity index (χ1v) is 3.49. The number of ether oxygens (including phenoxy) is 1. The highest BCUT2D eigenvalue weighted by Crippen LogP contribution is 2.10. The molecule has 0 saturated carbocycles. The normalized spacial score (nSPS) is 9.73. The number of aromatic nitrogens is 3. The van der Waals surface area contributed by atoms with E-state index in [-0.39, 0.29) is 0 Å². The molecule has 0 unspecified atom stereocenters. The molecule has 1 rings (SSSR count). The third-order valence-corrected chi connectivity index (χ3v) is 1.33. The first-order valence-electron chi connectivity index (χ1n) is 3.49. The van der Waals surface area contributed by atoms with Crippen LogP contribution in [0.1, 0.15) is 6.92 Å². The second kappa shape index (κ2) is 3.23. The van der Waals surface area contributed by atoms with Gasteiger partial charge in [-0.05, 0) is 6.92 Å². The van der Waals surface area contributed by atoms with Crippen LogP contribution < -0.4 is 10.1 Å². The highest BCUT2D eigenvalue weighted by molar-refractivity contribution is 5.25. The first-order chi connectivity index (χ1) is 5.29. The molecule has 1 aromatic rings. The summed E-state index contributed by atoms with van der Waals surface area (Å²) >= 11 is 0. The molecule has 0 radical (unpaired) electrons. The predicted molar refractivity (Wildman–Crippen MR) is 41.7 cm³/mol. The molecule has 5 nitrogen and oxygen atoms in total. The predicted octanol–water partition coefficient (Wildman–Crippen LogP) is 0.255. The molecule has 0 atom stereocenters. The summed E-state index contributed by atoms with van der Waals surface area (Å²) in [5.41, 5.74) is 0. The summed E-state index contributed by atoms with van der Waals surface area (Å²) in [6, 6.07) is 0.539. The van der Waals surface area contributed by atoms with E-state index in [9.17, 15) is 0 Å². The lowest BCUT2D eigenvalue weighted by Gasteiger charge is -2.01. The molecular weight excluding hydrogens is 144 g/mol. The maximum Gasteiger partial charge on any atom is 0.318 e. The van der Waals surface area contributed by atoms with Crippen LogP contribution in [0.15, 0.2) is 0 Å². The van der Waals surface area contributed by atoms with E-state index in [4.69, 9.17) is 4.74 Å². The smallest absolute Gasteiger partial charge is 0.318 e. The molecule has 11 heavy (non-hydrogen) atoms. The van der Waals surface area contributed by atoms with Crippen LogP contribution in [-0.4, -0.2) is 28.4 Å². The summed E-state index contributed by atoms with van der Waals surface area (Å²) in [5.74, 6) is 0.702. The van der Waals surface area contributed by atoms with Crippen LogP contribution in [0.25, 0.3) is 0 Å². The first kappa shape index (κ1) is 7.84. The Bertz CT molecular complexity index is 232. The quantitative estimate of drug-likeness (QED) is 0.681. The van der Waals surface area contributed by atoms with Crippen LogP contribution in [0.4, 0.5) is 5.95 Å². The molecule has 0 bridgehead atoms. The van der Waals surface area contributed by atoms with Crippen molar-refractivity contribution in [2.75, 3.05) is 19.0 Å². The molecular formula is C6H12N4O. The van der Waals surface area contributed by atoms with Gasteiger partial charge in [0.05, 0.1) is 6.61 Å². The van der Waals surface area contributed by atoms with Crippen LogP contribution in [0.5, 0.6) is 6.01 Å². The lowest BCUT2D eigenvalue weighted by atomic mass is 10.8. The van der Waals surface area contributed by atoms with Crippen molar-refractivity contribution >= 4 is 5.95 Å². The summed E-state index contributed by atoms with van der Waals surface area (Å²) in [6.07, 6.45) is 0. The molecule has 0 aliphatic rings. The zero-order valence-corrected chi connectivity index (χ0v) is 6.96. The molecule has 0 saturated heterocycles. The summed E-state index contributed by atoms with van der Waals surface area (Å²) in [5, 5.41) is 10.5. The Hall–Kier alpha value is -1.26. The highest BCUT2D eigenvalue weighted by Gasteiger charge is 2.05. The minimum atomic E-state index is 0.539. The van der Waals surface area contributed by atoms with Crippen LogP contribution >= 0.6 is 0 Å². The van der Waals surface area contributed by atoms with Gasteiger partial charge in [-0.3, -0.25) is 4.57 Å². The largest absolute Gasteiger partial charge is 0.464 e. The summed E-state index contributed by atoms with van der Waals surface area (Å²) in [7, 11) is 3.64. The van der Waals surface area contributed by atoms with Crippen molar-refractivity contribution < 1.29 is 4.74 Å². The number of anilines is 1. The molecule has 0 fully saturated rings. The Labute approximate surface area is 65.4 Å². The maximum absolute atomic E-state index is 5.17. The fourth-order valence-corrected chi connectivity index (χ4v) is 0.787.